The zero-order valence-corrected chi connectivity index (χ0v) is 11.5. The Morgan fingerprint density at radius 2 is 2.00 bits per heavy atom. The molecule has 17 heavy (non-hydrogen) atoms. The van der Waals surface area contributed by atoms with Crippen LogP contribution < -0.4 is 11.1 Å². The SMILES string of the molecule is Nc1c(Cl)ncnc1Nc1cc(Cl)ccc1Br. The van der Waals surface area contributed by atoms with Crippen LogP contribution in [0.25, 0.3) is 0 Å². The smallest absolute Gasteiger partial charge is 0.158 e. The van der Waals surface area contributed by atoms with Gasteiger partial charge in [-0.2, -0.15) is 0 Å². The van der Waals surface area contributed by atoms with Crippen molar-refractivity contribution in [2.75, 3.05) is 11.1 Å². The lowest BCUT2D eigenvalue weighted by Gasteiger charge is -2.10. The lowest BCUT2D eigenvalue weighted by molar-refractivity contribution is 1.17. The third kappa shape index (κ3) is 2.80. The van der Waals surface area contributed by atoms with Crippen LogP contribution in [0.15, 0.2) is 29.0 Å². The number of nitrogens with one attached hydrogen (secondary N) is 1. The maximum atomic E-state index is 5.90. The van der Waals surface area contributed by atoms with Gasteiger partial charge in [0.25, 0.3) is 0 Å². The van der Waals surface area contributed by atoms with Gasteiger partial charge in [-0.05, 0) is 34.1 Å². The Kier molecular flexibility index (Phi) is 3.71. The predicted octanol–water partition coefficient (Wildman–Crippen LogP) is 3.87. The summed E-state index contributed by atoms with van der Waals surface area (Å²) in [6.07, 6.45) is 1.33. The van der Waals surface area contributed by atoms with Gasteiger partial charge < -0.3 is 11.1 Å². The second-order valence-electron chi connectivity index (χ2n) is 3.18. The molecule has 0 atom stereocenters. The number of hydrogen-bond acceptors (Lipinski definition) is 4. The molecule has 4 nitrogen and oxygen atoms in total. The fourth-order valence-electron chi connectivity index (χ4n) is 1.19. The predicted molar refractivity (Wildman–Crippen MR) is 73.9 cm³/mol. The molecule has 0 amide bonds. The van der Waals surface area contributed by atoms with Crippen molar-refractivity contribution < 1.29 is 0 Å². The van der Waals surface area contributed by atoms with Gasteiger partial charge >= 0.3 is 0 Å². The summed E-state index contributed by atoms with van der Waals surface area (Å²) < 4.78 is 0.844. The molecule has 0 radical (unpaired) electrons. The van der Waals surface area contributed by atoms with Crippen molar-refractivity contribution in [3.05, 3.63) is 39.2 Å². The summed E-state index contributed by atoms with van der Waals surface area (Å²) >= 11 is 15.1. The second kappa shape index (κ2) is 5.08. The molecule has 1 aromatic carbocycles. The van der Waals surface area contributed by atoms with E-state index in [0.29, 0.717) is 16.5 Å². The van der Waals surface area contributed by atoms with E-state index in [0.717, 1.165) is 10.2 Å². The van der Waals surface area contributed by atoms with E-state index in [4.69, 9.17) is 28.9 Å². The molecule has 0 aliphatic carbocycles. The minimum absolute atomic E-state index is 0.209. The molecule has 7 heteroatoms. The summed E-state index contributed by atoms with van der Waals surface area (Å²) in [6, 6.07) is 5.35. The van der Waals surface area contributed by atoms with Crippen LogP contribution >= 0.6 is 39.1 Å². The number of nitrogens with two attached hydrogens (primary N) is 1. The highest BCUT2D eigenvalue weighted by Crippen LogP contribution is 2.31. The number of rotatable bonds is 2. The van der Waals surface area contributed by atoms with Crippen molar-refractivity contribution in [2.24, 2.45) is 0 Å². The van der Waals surface area contributed by atoms with Crippen LogP contribution in [-0.2, 0) is 0 Å². The van der Waals surface area contributed by atoms with Gasteiger partial charge in [0.05, 0.1) is 5.69 Å². The first kappa shape index (κ1) is 12.4. The van der Waals surface area contributed by atoms with Gasteiger partial charge in [0.1, 0.15) is 12.0 Å². The molecule has 88 valence electrons. The molecule has 0 aliphatic rings. The number of aromatic nitrogens is 2. The Labute approximate surface area is 116 Å². The Hall–Kier alpha value is -1.04. The number of halogens is 3. The summed E-state index contributed by atoms with van der Waals surface area (Å²) in [6.45, 7) is 0. The molecule has 1 heterocycles. The van der Waals surface area contributed by atoms with E-state index in [1.54, 1.807) is 12.1 Å². The molecule has 3 N–H and O–H groups in total. The molecule has 2 aromatic rings. The first-order valence-electron chi connectivity index (χ1n) is 4.56. The molecule has 0 unspecified atom stereocenters. The standard InChI is InChI=1S/C10H7BrCl2N4/c11-6-2-1-5(12)3-7(6)17-10-8(14)9(13)15-4-16-10/h1-4H,14H2,(H,15,16,17). The summed E-state index contributed by atoms with van der Waals surface area (Å²) in [7, 11) is 0. The van der Waals surface area contributed by atoms with Crippen molar-refractivity contribution in [2.45, 2.75) is 0 Å². The normalized spacial score (nSPS) is 10.3. The first-order chi connectivity index (χ1) is 8.08. The Bertz CT molecular complexity index is 562. The van der Waals surface area contributed by atoms with E-state index in [1.807, 2.05) is 6.07 Å². The largest absolute Gasteiger partial charge is 0.393 e. The third-order valence-corrected chi connectivity index (χ3v) is 3.24. The zero-order valence-electron chi connectivity index (χ0n) is 8.42. The molecule has 1 aromatic heterocycles. The number of nitrogen functional groups attached to an aromatic ring is 1. The summed E-state index contributed by atoms with van der Waals surface area (Å²) in [4.78, 5) is 7.78. The van der Waals surface area contributed by atoms with E-state index in [9.17, 15) is 0 Å². The monoisotopic (exact) mass is 332 g/mol. The first-order valence-corrected chi connectivity index (χ1v) is 6.11. The maximum absolute atomic E-state index is 5.90. The van der Waals surface area contributed by atoms with Gasteiger partial charge in [0.2, 0.25) is 0 Å². The van der Waals surface area contributed by atoms with Crippen molar-refractivity contribution >= 4 is 56.3 Å². The molecule has 0 spiro atoms. The highest BCUT2D eigenvalue weighted by Gasteiger charge is 2.08. The van der Waals surface area contributed by atoms with Crippen LogP contribution in [0.5, 0.6) is 0 Å². The van der Waals surface area contributed by atoms with Crippen LogP contribution in [0, 0.1) is 0 Å². The van der Waals surface area contributed by atoms with E-state index in [-0.39, 0.29) is 5.15 Å². The van der Waals surface area contributed by atoms with Crippen LogP contribution in [0.2, 0.25) is 10.2 Å². The number of hydrogen-bond donors (Lipinski definition) is 2. The molecule has 0 fully saturated rings. The number of anilines is 3. The molecule has 2 rings (SSSR count). The third-order valence-electron chi connectivity index (χ3n) is 2.02. The quantitative estimate of drug-likeness (QED) is 0.819. The zero-order chi connectivity index (χ0) is 12.4. The van der Waals surface area contributed by atoms with Gasteiger partial charge in [-0.1, -0.05) is 23.2 Å². The van der Waals surface area contributed by atoms with Crippen LogP contribution in [0.3, 0.4) is 0 Å². The lowest BCUT2D eigenvalue weighted by atomic mass is 10.3. The van der Waals surface area contributed by atoms with Gasteiger partial charge in [-0.3, -0.25) is 0 Å². The fourth-order valence-corrected chi connectivity index (χ4v) is 1.85. The molecular weight excluding hydrogens is 327 g/mol. The average molecular weight is 334 g/mol. The minimum atomic E-state index is 0.209. The summed E-state index contributed by atoms with van der Waals surface area (Å²) in [5, 5.41) is 3.85. The molecule has 0 saturated carbocycles. The van der Waals surface area contributed by atoms with Gasteiger partial charge in [-0.25, -0.2) is 9.97 Å². The van der Waals surface area contributed by atoms with Crippen LogP contribution in [0.4, 0.5) is 17.2 Å². The molecule has 0 aliphatic heterocycles. The van der Waals surface area contributed by atoms with Gasteiger partial charge in [-0.15, -0.1) is 0 Å². The van der Waals surface area contributed by atoms with Crippen LogP contribution in [0.1, 0.15) is 0 Å². The average Bonchev–Trinajstić information content (AvgIpc) is 2.30. The highest BCUT2D eigenvalue weighted by molar-refractivity contribution is 9.10. The minimum Gasteiger partial charge on any atom is -0.393 e. The lowest BCUT2D eigenvalue weighted by Crippen LogP contribution is -2.01. The molecule has 0 bridgehead atoms. The van der Waals surface area contributed by atoms with E-state index >= 15 is 0 Å². The number of benzene rings is 1. The van der Waals surface area contributed by atoms with Crippen molar-refractivity contribution in [3.8, 4) is 0 Å². The Balaban J connectivity index is 2.38. The topological polar surface area (TPSA) is 63.8 Å². The van der Waals surface area contributed by atoms with Crippen molar-refractivity contribution in [3.63, 3.8) is 0 Å². The Morgan fingerprint density at radius 3 is 2.76 bits per heavy atom. The molecular formula is C10H7BrCl2N4. The van der Waals surface area contributed by atoms with Crippen molar-refractivity contribution in [1.82, 2.24) is 9.97 Å². The number of nitrogens with zero attached hydrogens (tertiary/aromatic N) is 2. The van der Waals surface area contributed by atoms with Gasteiger partial charge in [0, 0.05) is 9.50 Å². The maximum Gasteiger partial charge on any atom is 0.158 e. The van der Waals surface area contributed by atoms with E-state index < -0.39 is 0 Å². The van der Waals surface area contributed by atoms with Gasteiger partial charge in [0.15, 0.2) is 11.0 Å². The Morgan fingerprint density at radius 1 is 1.24 bits per heavy atom. The van der Waals surface area contributed by atoms with E-state index in [2.05, 4.69) is 31.2 Å². The molecule has 0 saturated heterocycles. The summed E-state index contributed by atoms with van der Waals surface area (Å²) in [5.74, 6) is 0.438. The second-order valence-corrected chi connectivity index (χ2v) is 4.82. The van der Waals surface area contributed by atoms with E-state index in [1.165, 1.54) is 6.33 Å². The summed E-state index contributed by atoms with van der Waals surface area (Å²) in [5.41, 5.74) is 6.79. The fraction of sp³-hybridized carbons (Fsp3) is 0. The van der Waals surface area contributed by atoms with Crippen molar-refractivity contribution in [1.29, 1.82) is 0 Å². The van der Waals surface area contributed by atoms with Crippen LogP contribution in [-0.4, -0.2) is 9.97 Å². The highest BCUT2D eigenvalue weighted by atomic mass is 79.9.